The molecule has 0 radical (unpaired) electrons. The summed E-state index contributed by atoms with van der Waals surface area (Å²) in [5.74, 6) is 1.41. The van der Waals surface area contributed by atoms with E-state index in [1.807, 2.05) is 37.3 Å². The predicted molar refractivity (Wildman–Crippen MR) is 230 cm³/mol. The minimum absolute atomic E-state index is 0.0247. The average molecular weight is 784 g/mol. The molecular formula is C49H53NO6S. The third-order valence-electron chi connectivity index (χ3n) is 11.9. The number of allylic oxidation sites excluding steroid dienone is 1. The van der Waals surface area contributed by atoms with Gasteiger partial charge in [-0.25, -0.2) is 0 Å². The second-order valence-electron chi connectivity index (χ2n) is 15.4. The van der Waals surface area contributed by atoms with Crippen molar-refractivity contribution in [1.29, 1.82) is 0 Å². The third-order valence-corrected chi connectivity index (χ3v) is 13.2. The number of fused-ring (bicyclic) bond motifs is 4. The zero-order valence-corrected chi connectivity index (χ0v) is 33.5. The highest BCUT2D eigenvalue weighted by molar-refractivity contribution is 8.00. The second-order valence-corrected chi connectivity index (χ2v) is 16.7. The van der Waals surface area contributed by atoms with Gasteiger partial charge >= 0.3 is 0 Å². The molecule has 296 valence electrons. The van der Waals surface area contributed by atoms with Crippen LogP contribution in [0, 0.1) is 17.8 Å². The van der Waals surface area contributed by atoms with Gasteiger partial charge < -0.3 is 29.3 Å². The minimum Gasteiger partial charge on any atom is -0.460 e. The number of oxime groups is 1. The van der Waals surface area contributed by atoms with E-state index < -0.39 is 5.79 Å². The van der Waals surface area contributed by atoms with Gasteiger partial charge in [-0.15, -0.1) is 18.3 Å². The summed E-state index contributed by atoms with van der Waals surface area (Å²) in [6.45, 7) is 7.15. The van der Waals surface area contributed by atoms with Crippen molar-refractivity contribution in [2.75, 3.05) is 26.4 Å². The molecule has 8 heteroatoms. The van der Waals surface area contributed by atoms with E-state index in [0.717, 1.165) is 88.3 Å². The van der Waals surface area contributed by atoms with Gasteiger partial charge in [-0.3, -0.25) is 0 Å². The molecule has 2 N–H and O–H groups in total. The fraction of sp³-hybridized carbons (Fsp3) is 0.367. The summed E-state index contributed by atoms with van der Waals surface area (Å²) >= 11 is 1.78. The summed E-state index contributed by atoms with van der Waals surface area (Å²) in [6, 6.07) is 35.8. The summed E-state index contributed by atoms with van der Waals surface area (Å²) in [4.78, 5) is 7.03. The summed E-state index contributed by atoms with van der Waals surface area (Å²) in [5.41, 5.74) is 3.14. The first-order chi connectivity index (χ1) is 28.0. The highest BCUT2D eigenvalue weighted by Crippen LogP contribution is 2.63. The number of hydrogen-bond acceptors (Lipinski definition) is 8. The Morgan fingerprint density at radius 2 is 1.51 bits per heavy atom. The molecule has 3 aliphatic rings. The van der Waals surface area contributed by atoms with Gasteiger partial charge in [0, 0.05) is 36.0 Å². The highest BCUT2D eigenvalue weighted by Gasteiger charge is 2.64. The molecular weight excluding hydrogens is 731 g/mol. The Balaban J connectivity index is 1.29. The zero-order chi connectivity index (χ0) is 39.2. The number of aliphatic hydroxyl groups is 2. The van der Waals surface area contributed by atoms with E-state index in [2.05, 4.69) is 91.5 Å². The van der Waals surface area contributed by atoms with E-state index in [1.54, 1.807) is 11.8 Å². The first-order valence-corrected chi connectivity index (χ1v) is 21.5. The Labute approximate surface area is 340 Å². The van der Waals surface area contributed by atoms with Crippen molar-refractivity contribution in [3.63, 3.8) is 0 Å². The first kappa shape index (κ1) is 39.2. The lowest BCUT2D eigenvalue weighted by atomic mass is 9.56. The Kier molecular flexibility index (Phi) is 12.3. The molecule has 1 saturated carbocycles. The van der Waals surface area contributed by atoms with Crippen molar-refractivity contribution < 1.29 is 29.3 Å². The molecule has 2 aliphatic carbocycles. The van der Waals surface area contributed by atoms with Crippen molar-refractivity contribution in [2.45, 2.75) is 73.7 Å². The smallest absolute Gasteiger partial charge is 0.231 e. The number of unbranched alkanes of at least 4 members (excludes halogenated alkanes) is 2. The summed E-state index contributed by atoms with van der Waals surface area (Å²) in [5, 5.41) is 29.1. The van der Waals surface area contributed by atoms with Crippen LogP contribution in [-0.4, -0.2) is 53.4 Å². The zero-order valence-electron chi connectivity index (χ0n) is 32.7. The second kappa shape index (κ2) is 17.9. The van der Waals surface area contributed by atoms with Gasteiger partial charge in [-0.05, 0) is 114 Å². The van der Waals surface area contributed by atoms with Crippen molar-refractivity contribution in [3.8, 4) is 17.2 Å². The Morgan fingerprint density at radius 1 is 0.825 bits per heavy atom. The molecule has 8 rings (SSSR count). The van der Waals surface area contributed by atoms with Crippen LogP contribution in [-0.2, 0) is 9.57 Å². The van der Waals surface area contributed by atoms with Gasteiger partial charge in [-0.1, -0.05) is 90.8 Å². The monoisotopic (exact) mass is 783 g/mol. The molecule has 1 fully saturated rings. The number of rotatable bonds is 17. The van der Waals surface area contributed by atoms with E-state index >= 15 is 0 Å². The van der Waals surface area contributed by atoms with Crippen LogP contribution in [0.3, 0.4) is 0 Å². The summed E-state index contributed by atoms with van der Waals surface area (Å²) in [6.07, 6.45) is 9.96. The molecule has 0 saturated heterocycles. The van der Waals surface area contributed by atoms with E-state index in [9.17, 15) is 10.2 Å². The molecule has 5 aromatic rings. The van der Waals surface area contributed by atoms with Crippen molar-refractivity contribution in [2.24, 2.45) is 22.9 Å². The van der Waals surface area contributed by atoms with E-state index in [1.165, 1.54) is 10.8 Å². The van der Waals surface area contributed by atoms with Crippen LogP contribution in [0.1, 0.15) is 63.4 Å². The Bertz CT molecular complexity index is 2250. The molecule has 6 atom stereocenters. The van der Waals surface area contributed by atoms with Crippen molar-refractivity contribution >= 4 is 39.0 Å². The molecule has 1 aliphatic heterocycles. The summed E-state index contributed by atoms with van der Waals surface area (Å²) < 4.78 is 21.2. The lowest BCUT2D eigenvalue weighted by Gasteiger charge is -2.58. The molecule has 0 unspecified atom stereocenters. The molecule has 0 amide bonds. The average Bonchev–Trinajstić information content (AvgIpc) is 3.24. The van der Waals surface area contributed by atoms with Crippen LogP contribution in [0.15, 0.2) is 137 Å². The largest absolute Gasteiger partial charge is 0.460 e. The van der Waals surface area contributed by atoms with Gasteiger partial charge in [0.1, 0.15) is 23.9 Å². The number of thioether (sulfide) groups is 1. The van der Waals surface area contributed by atoms with E-state index in [0.29, 0.717) is 19.6 Å². The van der Waals surface area contributed by atoms with Gasteiger partial charge in [0.2, 0.25) is 5.79 Å². The Morgan fingerprint density at radius 3 is 2.25 bits per heavy atom. The quantitative estimate of drug-likeness (QED) is 0.0551. The standard InChI is InChI=1S/C49H53NO6S/c1-3-27-53-49-46(57-40-23-20-34-14-6-8-16-36(34)29-40)32-44(50-54-4-2)42-30-37(17-9-11-25-51)41(18-10-12-26-52)47(48(42)49)43-31-39(22-24-45(43)56-49)55-38-21-19-33-13-5-7-15-35(33)28-38/h3,5-8,13-16,19-24,28-31,37,41,46-48,51-52H,1,4,9-12,17-18,25-27,32H2,2H3/t37-,41+,46-,47+,48+,49+/m0/s1. The first-order valence-electron chi connectivity index (χ1n) is 20.6. The van der Waals surface area contributed by atoms with Gasteiger partial charge in [0.15, 0.2) is 0 Å². The number of ether oxygens (including phenoxy) is 3. The number of nitrogens with zero attached hydrogens (tertiary/aromatic N) is 1. The maximum Gasteiger partial charge on any atom is 0.231 e. The molecule has 0 aromatic heterocycles. The minimum atomic E-state index is -1.06. The molecule has 5 aromatic carbocycles. The van der Waals surface area contributed by atoms with Crippen LogP contribution in [0.4, 0.5) is 0 Å². The lowest BCUT2D eigenvalue weighted by molar-refractivity contribution is -0.223. The molecule has 7 nitrogen and oxygen atoms in total. The van der Waals surface area contributed by atoms with E-state index in [-0.39, 0.29) is 42.1 Å². The third kappa shape index (κ3) is 8.11. The van der Waals surface area contributed by atoms with Gasteiger partial charge in [0.25, 0.3) is 0 Å². The van der Waals surface area contributed by atoms with Crippen LogP contribution < -0.4 is 9.47 Å². The maximum absolute atomic E-state index is 9.96. The predicted octanol–water partition coefficient (Wildman–Crippen LogP) is 11.2. The number of hydrogen-bond donors (Lipinski definition) is 2. The lowest BCUT2D eigenvalue weighted by Crippen LogP contribution is -2.64. The normalized spacial score (nSPS) is 24.4. The molecule has 0 spiro atoms. The maximum atomic E-state index is 9.96. The fourth-order valence-corrected chi connectivity index (χ4v) is 10.7. The number of benzene rings is 5. The molecule has 0 bridgehead atoms. The highest BCUT2D eigenvalue weighted by atomic mass is 32.2. The fourth-order valence-electron chi connectivity index (χ4n) is 9.40. The van der Waals surface area contributed by atoms with Gasteiger partial charge in [-0.2, -0.15) is 0 Å². The molecule has 1 heterocycles. The van der Waals surface area contributed by atoms with Crippen molar-refractivity contribution in [3.05, 3.63) is 133 Å². The SMILES string of the molecule is C=CCO[C@@]12Oc3ccc(Oc4ccc5ccccc5c4)cc3[C@H]3[C@H](CCCCO)[C@@H](CCCCO)C=C(C(=NOCC)C[C@@H]1Sc1ccc4ccccc4c1)[C@H]32. The summed E-state index contributed by atoms with van der Waals surface area (Å²) in [7, 11) is 0. The van der Waals surface area contributed by atoms with Crippen molar-refractivity contribution in [1.82, 2.24) is 0 Å². The van der Waals surface area contributed by atoms with Gasteiger partial charge in [0.05, 0.1) is 23.5 Å². The van der Waals surface area contributed by atoms with Crippen LogP contribution >= 0.6 is 11.8 Å². The number of aliphatic hydroxyl groups excluding tert-OH is 2. The van der Waals surface area contributed by atoms with Crippen LogP contribution in [0.5, 0.6) is 17.2 Å². The Hall–Kier alpha value is -4.60. The van der Waals surface area contributed by atoms with Crippen LogP contribution in [0.2, 0.25) is 0 Å². The molecule has 57 heavy (non-hydrogen) atoms. The van der Waals surface area contributed by atoms with Crippen LogP contribution in [0.25, 0.3) is 21.5 Å². The van der Waals surface area contributed by atoms with E-state index in [4.69, 9.17) is 24.2 Å². The topological polar surface area (TPSA) is 89.7 Å².